The van der Waals surface area contributed by atoms with E-state index in [9.17, 15) is 4.79 Å². The number of imidazole rings is 1. The van der Waals surface area contributed by atoms with E-state index in [0.29, 0.717) is 19.6 Å². The van der Waals surface area contributed by atoms with Crippen molar-refractivity contribution in [2.75, 3.05) is 18.1 Å². The molecule has 1 aliphatic heterocycles. The van der Waals surface area contributed by atoms with E-state index in [2.05, 4.69) is 26.6 Å². The molecule has 0 radical (unpaired) electrons. The first kappa shape index (κ1) is 20.8. The van der Waals surface area contributed by atoms with Gasteiger partial charge in [0.15, 0.2) is 0 Å². The normalized spacial score (nSPS) is 16.1. The highest BCUT2D eigenvalue weighted by molar-refractivity contribution is 9.10. The number of anilines is 1. The van der Waals surface area contributed by atoms with Crippen molar-refractivity contribution in [1.29, 1.82) is 0 Å². The minimum absolute atomic E-state index is 0.0528. The number of carbonyl (C=O) groups excluding carboxylic acids is 1. The van der Waals surface area contributed by atoms with Gasteiger partial charge in [-0.1, -0.05) is 42.5 Å². The van der Waals surface area contributed by atoms with E-state index in [1.165, 1.54) is 0 Å². The summed E-state index contributed by atoms with van der Waals surface area (Å²) in [4.78, 5) is 19.7. The summed E-state index contributed by atoms with van der Waals surface area (Å²) in [5, 5.41) is 0. The Hall–Kier alpha value is -3.12. The van der Waals surface area contributed by atoms with Crippen molar-refractivity contribution in [3.05, 3.63) is 89.2 Å². The maximum Gasteiger partial charge on any atom is 0.227 e. The third kappa shape index (κ3) is 4.15. The summed E-state index contributed by atoms with van der Waals surface area (Å²) in [6.45, 7) is 2.05. The topological polar surface area (TPSA) is 47.4 Å². The summed E-state index contributed by atoms with van der Waals surface area (Å²) in [6.07, 6.45) is 1.32. The van der Waals surface area contributed by atoms with Crippen LogP contribution in [0.5, 0.6) is 5.75 Å². The number of hydrogen-bond donors (Lipinski definition) is 0. The third-order valence-corrected chi connectivity index (χ3v) is 6.53. The number of hydrogen-bond acceptors (Lipinski definition) is 3. The van der Waals surface area contributed by atoms with E-state index in [1.807, 2.05) is 77.7 Å². The molecule has 3 aromatic carbocycles. The summed E-state index contributed by atoms with van der Waals surface area (Å²) in [5.41, 5.74) is 2.99. The lowest BCUT2D eigenvalue weighted by Gasteiger charge is -2.19. The quantitative estimate of drug-likeness (QED) is 0.308. The number of aryl methyl sites for hydroxylation is 1. The lowest BCUT2D eigenvalue weighted by atomic mass is 10.1. The number of amides is 1. The predicted molar refractivity (Wildman–Crippen MR) is 130 cm³/mol. The number of halogens is 1. The van der Waals surface area contributed by atoms with Gasteiger partial charge in [0.05, 0.1) is 23.3 Å². The van der Waals surface area contributed by atoms with Gasteiger partial charge in [-0.05, 0) is 58.7 Å². The van der Waals surface area contributed by atoms with Crippen LogP contribution in [-0.2, 0) is 11.3 Å². The minimum Gasteiger partial charge on any atom is -0.494 e. The van der Waals surface area contributed by atoms with E-state index in [4.69, 9.17) is 9.72 Å². The highest BCUT2D eigenvalue weighted by Crippen LogP contribution is 2.36. The lowest BCUT2D eigenvalue weighted by Crippen LogP contribution is -2.25. The molecule has 0 aliphatic carbocycles. The number of fused-ring (bicyclic) bond motifs is 1. The molecule has 5 rings (SSSR count). The first-order valence-electron chi connectivity index (χ1n) is 10.9. The number of para-hydroxylation sites is 4. The average Bonchev–Trinajstić information content (AvgIpc) is 3.38. The second kappa shape index (κ2) is 9.17. The summed E-state index contributed by atoms with van der Waals surface area (Å²) >= 11 is 3.59. The van der Waals surface area contributed by atoms with Gasteiger partial charge in [-0.3, -0.25) is 4.79 Å². The van der Waals surface area contributed by atoms with Crippen LogP contribution in [0.25, 0.3) is 11.0 Å². The standard InChI is InChI=1S/C26H24BrN3O2/c27-21-11-4-6-13-23(21)30-18-19(17-25(30)31)26-28-22-12-5-7-14-24(22)29(26)15-8-16-32-20-9-2-1-3-10-20/h1-7,9-14,19H,8,15-18H2. The predicted octanol–water partition coefficient (Wildman–Crippen LogP) is 5.79. The third-order valence-electron chi connectivity index (χ3n) is 5.86. The Labute approximate surface area is 195 Å². The molecule has 2 heterocycles. The van der Waals surface area contributed by atoms with Crippen molar-refractivity contribution in [2.24, 2.45) is 0 Å². The van der Waals surface area contributed by atoms with Gasteiger partial charge in [-0.25, -0.2) is 4.98 Å². The van der Waals surface area contributed by atoms with Gasteiger partial charge in [0.2, 0.25) is 5.91 Å². The fraction of sp³-hybridized carbons (Fsp3) is 0.231. The lowest BCUT2D eigenvalue weighted by molar-refractivity contribution is -0.117. The van der Waals surface area contributed by atoms with Crippen LogP contribution in [0.3, 0.4) is 0 Å². The molecule has 0 N–H and O–H groups in total. The van der Waals surface area contributed by atoms with Crippen molar-refractivity contribution >= 4 is 38.6 Å². The van der Waals surface area contributed by atoms with Gasteiger partial charge in [0.1, 0.15) is 11.6 Å². The highest BCUT2D eigenvalue weighted by Gasteiger charge is 2.35. The molecule has 32 heavy (non-hydrogen) atoms. The van der Waals surface area contributed by atoms with Crippen LogP contribution in [0.15, 0.2) is 83.3 Å². The molecule has 4 aromatic rings. The Bertz CT molecular complexity index is 1240. The van der Waals surface area contributed by atoms with Crippen LogP contribution in [0, 0.1) is 0 Å². The van der Waals surface area contributed by atoms with Gasteiger partial charge in [-0.15, -0.1) is 0 Å². The van der Waals surface area contributed by atoms with Crippen molar-refractivity contribution < 1.29 is 9.53 Å². The number of benzene rings is 3. The van der Waals surface area contributed by atoms with Gasteiger partial charge >= 0.3 is 0 Å². The zero-order valence-electron chi connectivity index (χ0n) is 17.7. The number of nitrogens with zero attached hydrogens (tertiary/aromatic N) is 3. The van der Waals surface area contributed by atoms with Crippen LogP contribution in [-0.4, -0.2) is 28.6 Å². The Morgan fingerprint density at radius 3 is 2.56 bits per heavy atom. The van der Waals surface area contributed by atoms with E-state index in [0.717, 1.165) is 45.7 Å². The number of carbonyl (C=O) groups is 1. The van der Waals surface area contributed by atoms with Crippen LogP contribution < -0.4 is 9.64 Å². The first-order chi connectivity index (χ1) is 15.7. The van der Waals surface area contributed by atoms with Crippen molar-refractivity contribution in [3.8, 4) is 5.75 Å². The zero-order chi connectivity index (χ0) is 21.9. The van der Waals surface area contributed by atoms with E-state index in [1.54, 1.807) is 0 Å². The Morgan fingerprint density at radius 2 is 1.72 bits per heavy atom. The minimum atomic E-state index is 0.0528. The molecule has 1 saturated heterocycles. The first-order valence-corrected chi connectivity index (χ1v) is 11.7. The van der Waals surface area contributed by atoms with Gasteiger partial charge in [0.25, 0.3) is 0 Å². The molecule has 0 saturated carbocycles. The fourth-order valence-electron chi connectivity index (χ4n) is 4.35. The fourth-order valence-corrected chi connectivity index (χ4v) is 4.85. The SMILES string of the molecule is O=C1CC(c2nc3ccccc3n2CCCOc2ccccc2)CN1c1ccccc1Br. The maximum absolute atomic E-state index is 12.9. The molecule has 162 valence electrons. The van der Waals surface area contributed by atoms with Crippen molar-refractivity contribution in [1.82, 2.24) is 9.55 Å². The van der Waals surface area contributed by atoms with Gasteiger partial charge < -0.3 is 14.2 Å². The van der Waals surface area contributed by atoms with Crippen molar-refractivity contribution in [2.45, 2.75) is 25.3 Å². The second-order valence-electron chi connectivity index (χ2n) is 7.98. The molecule has 1 fully saturated rings. The Balaban J connectivity index is 1.37. The number of rotatable bonds is 7. The molecular weight excluding hydrogens is 466 g/mol. The molecule has 1 aliphatic rings. The molecule has 0 bridgehead atoms. The molecule has 1 aromatic heterocycles. The Morgan fingerprint density at radius 1 is 0.969 bits per heavy atom. The number of ether oxygens (including phenoxy) is 1. The Kier molecular flexibility index (Phi) is 5.95. The molecule has 6 heteroatoms. The van der Waals surface area contributed by atoms with Crippen LogP contribution in [0.2, 0.25) is 0 Å². The summed E-state index contributed by atoms with van der Waals surface area (Å²) in [5.74, 6) is 2.05. The second-order valence-corrected chi connectivity index (χ2v) is 8.84. The van der Waals surface area contributed by atoms with E-state index < -0.39 is 0 Å². The van der Waals surface area contributed by atoms with Gasteiger partial charge in [-0.2, -0.15) is 0 Å². The maximum atomic E-state index is 12.9. The van der Waals surface area contributed by atoms with Crippen molar-refractivity contribution in [3.63, 3.8) is 0 Å². The average molecular weight is 490 g/mol. The van der Waals surface area contributed by atoms with Crippen LogP contribution in [0.1, 0.15) is 24.6 Å². The molecule has 1 unspecified atom stereocenters. The smallest absolute Gasteiger partial charge is 0.227 e. The molecule has 1 atom stereocenters. The summed E-state index contributed by atoms with van der Waals surface area (Å²) < 4.78 is 9.09. The zero-order valence-corrected chi connectivity index (χ0v) is 19.2. The van der Waals surface area contributed by atoms with E-state index in [-0.39, 0.29) is 11.8 Å². The van der Waals surface area contributed by atoms with Crippen LogP contribution in [0.4, 0.5) is 5.69 Å². The largest absolute Gasteiger partial charge is 0.494 e. The van der Waals surface area contributed by atoms with Gasteiger partial charge in [0, 0.05) is 29.9 Å². The molecule has 1 amide bonds. The van der Waals surface area contributed by atoms with E-state index >= 15 is 0 Å². The number of aromatic nitrogens is 2. The monoisotopic (exact) mass is 489 g/mol. The summed E-state index contributed by atoms with van der Waals surface area (Å²) in [7, 11) is 0. The highest BCUT2D eigenvalue weighted by atomic mass is 79.9. The summed E-state index contributed by atoms with van der Waals surface area (Å²) in [6, 6.07) is 25.9. The molecular formula is C26H24BrN3O2. The molecule has 5 nitrogen and oxygen atoms in total. The van der Waals surface area contributed by atoms with Crippen LogP contribution >= 0.6 is 15.9 Å². The molecule has 0 spiro atoms.